The van der Waals surface area contributed by atoms with E-state index < -0.39 is 10.8 Å². The Morgan fingerprint density at radius 3 is 1.87 bits per heavy atom. The van der Waals surface area contributed by atoms with E-state index in [4.69, 9.17) is 36.1 Å². The maximum Gasteiger partial charge on any atom is 0.307 e. The Bertz CT molecular complexity index is 1230. The molecule has 11 atom stereocenters. The number of nitrogens with two attached hydrogens (primary N) is 3. The van der Waals surface area contributed by atoms with E-state index in [1.165, 1.54) is 25.7 Å². The van der Waals surface area contributed by atoms with Crippen molar-refractivity contribution in [3.05, 3.63) is 0 Å². The van der Waals surface area contributed by atoms with Gasteiger partial charge in [0.05, 0.1) is 25.9 Å². The third kappa shape index (κ3) is 9.77. The number of fused-ring (bicyclic) bond motifs is 5. The number of rotatable bonds is 20. The van der Waals surface area contributed by atoms with Crippen molar-refractivity contribution in [2.75, 3.05) is 26.2 Å². The first-order chi connectivity index (χ1) is 25.3. The minimum atomic E-state index is -0.409. The number of ether oxygens (including phenoxy) is 4. The molecule has 0 aromatic heterocycles. The van der Waals surface area contributed by atoms with Gasteiger partial charge in [-0.05, 0) is 92.8 Å². The average Bonchev–Trinajstić information content (AvgIpc) is 3.48. The molecule has 0 aromatic rings. The summed E-state index contributed by atoms with van der Waals surface area (Å²) in [6.45, 7) is 12.6. The number of hydrogen-bond donors (Lipinski definition) is 3. The molecule has 0 heterocycles. The van der Waals surface area contributed by atoms with Crippen LogP contribution in [0.15, 0.2) is 0 Å². The zero-order valence-electron chi connectivity index (χ0n) is 33.7. The van der Waals surface area contributed by atoms with Crippen molar-refractivity contribution in [3.8, 4) is 0 Å². The van der Waals surface area contributed by atoms with Crippen molar-refractivity contribution in [3.63, 3.8) is 0 Å². The molecule has 4 saturated carbocycles. The van der Waals surface area contributed by atoms with Crippen LogP contribution in [0, 0.1) is 45.8 Å². The third-order valence-electron chi connectivity index (χ3n) is 14.6. The largest absolute Gasteiger partial charge is 0.466 e. The smallest absolute Gasteiger partial charge is 0.307 e. The Balaban J connectivity index is 1.60. The van der Waals surface area contributed by atoms with E-state index >= 15 is 0 Å². The van der Waals surface area contributed by atoms with Crippen LogP contribution in [-0.4, -0.2) is 68.4 Å². The van der Waals surface area contributed by atoms with Gasteiger partial charge in [0.15, 0.2) is 0 Å². The van der Waals surface area contributed by atoms with Gasteiger partial charge in [-0.25, -0.2) is 0 Å². The van der Waals surface area contributed by atoms with Crippen LogP contribution in [0.5, 0.6) is 0 Å². The Hall–Kier alpha value is -2.24. The molecule has 0 unspecified atom stereocenters. The highest BCUT2D eigenvalue weighted by atomic mass is 16.6. The number of hydrogen-bond acceptors (Lipinski definition) is 11. The van der Waals surface area contributed by atoms with Crippen LogP contribution in [0.1, 0.15) is 150 Å². The lowest BCUT2D eigenvalue weighted by molar-refractivity contribution is -0.261. The van der Waals surface area contributed by atoms with Gasteiger partial charge in [0, 0.05) is 36.9 Å². The van der Waals surface area contributed by atoms with E-state index in [2.05, 4.69) is 34.6 Å². The molecule has 4 rings (SSSR count). The van der Waals surface area contributed by atoms with Crippen molar-refractivity contribution in [2.45, 2.75) is 169 Å². The first-order valence-corrected chi connectivity index (χ1v) is 21.1. The fourth-order valence-corrected chi connectivity index (χ4v) is 11.9. The number of carbonyl (C=O) groups is 4. The van der Waals surface area contributed by atoms with Gasteiger partial charge < -0.3 is 36.1 Å². The second-order valence-corrected chi connectivity index (χ2v) is 17.7. The summed E-state index contributed by atoms with van der Waals surface area (Å²) in [7, 11) is 0. The lowest BCUT2D eigenvalue weighted by Crippen LogP contribution is -2.68. The first kappa shape index (κ1) is 43.5. The van der Waals surface area contributed by atoms with Gasteiger partial charge in [0.2, 0.25) is 0 Å². The zero-order valence-corrected chi connectivity index (χ0v) is 33.7. The summed E-state index contributed by atoms with van der Waals surface area (Å²) in [4.78, 5) is 51.9. The summed E-state index contributed by atoms with van der Waals surface area (Å²) in [5, 5.41) is 0. The van der Waals surface area contributed by atoms with Gasteiger partial charge >= 0.3 is 23.9 Å². The van der Waals surface area contributed by atoms with Gasteiger partial charge in [-0.15, -0.1) is 0 Å². The van der Waals surface area contributed by atoms with Crippen molar-refractivity contribution in [1.82, 2.24) is 0 Å². The predicted octanol–water partition coefficient (Wildman–Crippen LogP) is 6.36. The Morgan fingerprint density at radius 2 is 1.25 bits per heavy atom. The SMILES string of the molecule is CCCCCCCCOC(=O)CC[C@@H](C)[C@H]1CC[C@H]2[C@@]3(C)[C@H](C[C@H](OC(=O)CCN)[C@@]21C)[C@@]1(C)CC[C@@H](OC(=O)CCN)C[C@H]1C[C@H]3OC(=O)CCN. The molecule has 0 aliphatic heterocycles. The van der Waals surface area contributed by atoms with Crippen molar-refractivity contribution < 1.29 is 38.1 Å². The molecule has 4 fully saturated rings. The maximum atomic E-state index is 13.3. The molecular weight excluding hydrogens is 674 g/mol. The van der Waals surface area contributed by atoms with Crippen LogP contribution in [0.25, 0.3) is 0 Å². The summed E-state index contributed by atoms with van der Waals surface area (Å²) < 4.78 is 24.5. The highest BCUT2D eigenvalue weighted by Gasteiger charge is 2.72. The minimum Gasteiger partial charge on any atom is -0.466 e. The van der Waals surface area contributed by atoms with Crippen molar-refractivity contribution >= 4 is 23.9 Å². The van der Waals surface area contributed by atoms with Crippen LogP contribution >= 0.6 is 0 Å². The number of carbonyl (C=O) groups excluding carboxylic acids is 4. The van der Waals surface area contributed by atoms with E-state index in [0.29, 0.717) is 38.7 Å². The first-order valence-electron chi connectivity index (χ1n) is 21.1. The van der Waals surface area contributed by atoms with Crippen LogP contribution < -0.4 is 17.2 Å². The fourth-order valence-electron chi connectivity index (χ4n) is 11.9. The molecular formula is C42H73N3O8. The molecule has 0 radical (unpaired) electrons. The fraction of sp³-hybridized carbons (Fsp3) is 0.905. The highest BCUT2D eigenvalue weighted by Crippen LogP contribution is 2.74. The van der Waals surface area contributed by atoms with Crippen LogP contribution in [0.4, 0.5) is 0 Å². The predicted molar refractivity (Wildman–Crippen MR) is 204 cm³/mol. The molecule has 0 spiro atoms. The second-order valence-electron chi connectivity index (χ2n) is 17.7. The lowest BCUT2D eigenvalue weighted by atomic mass is 9.37. The van der Waals surface area contributed by atoms with Gasteiger partial charge in [0.25, 0.3) is 0 Å². The molecule has 0 bridgehead atoms. The van der Waals surface area contributed by atoms with Gasteiger partial charge in [-0.1, -0.05) is 66.7 Å². The molecule has 4 aliphatic carbocycles. The molecule has 11 nitrogen and oxygen atoms in total. The molecule has 304 valence electrons. The maximum absolute atomic E-state index is 13.3. The van der Waals surface area contributed by atoms with E-state index in [9.17, 15) is 19.2 Å². The monoisotopic (exact) mass is 748 g/mol. The zero-order chi connectivity index (χ0) is 38.8. The molecule has 4 aliphatic rings. The topological polar surface area (TPSA) is 183 Å². The molecule has 0 saturated heterocycles. The third-order valence-corrected chi connectivity index (χ3v) is 14.6. The normalized spacial score (nSPS) is 35.3. The van der Waals surface area contributed by atoms with Gasteiger partial charge in [0.1, 0.15) is 18.3 Å². The van der Waals surface area contributed by atoms with Crippen LogP contribution in [-0.2, 0) is 38.1 Å². The molecule has 0 aromatic carbocycles. The average molecular weight is 748 g/mol. The molecule has 0 amide bonds. The van der Waals surface area contributed by atoms with E-state index in [0.717, 1.165) is 38.5 Å². The Labute approximate surface area is 319 Å². The quantitative estimate of drug-likeness (QED) is 0.0716. The van der Waals surface area contributed by atoms with Crippen molar-refractivity contribution in [1.29, 1.82) is 0 Å². The lowest BCUT2D eigenvalue weighted by Gasteiger charge is -2.68. The van der Waals surface area contributed by atoms with E-state index in [1.54, 1.807) is 0 Å². The molecule has 11 heteroatoms. The standard InChI is InChI=1S/C42H73N3O8/c1-6-7-8-9-10-11-24-50-36(46)15-12-28(2)31-13-14-32-41(31,4)35(53-39(49)19-23-45)27-33-40(3)20-16-30(51-37(47)17-21-43)25-29(40)26-34(42(32,33)5)52-38(48)18-22-44/h28-35H,6-27,43-45H2,1-5H3/t28-,29+,30-,31-,32-,33-,34-,35+,40+,41-,42+/m1/s1. The van der Waals surface area contributed by atoms with Crippen LogP contribution in [0.3, 0.4) is 0 Å². The van der Waals surface area contributed by atoms with Gasteiger partial charge in [-0.2, -0.15) is 0 Å². The van der Waals surface area contributed by atoms with E-state index in [-0.39, 0.29) is 116 Å². The van der Waals surface area contributed by atoms with Gasteiger partial charge in [-0.3, -0.25) is 19.2 Å². The molecule has 6 N–H and O–H groups in total. The summed E-state index contributed by atoms with van der Waals surface area (Å²) >= 11 is 0. The summed E-state index contributed by atoms with van der Waals surface area (Å²) in [6, 6.07) is 0. The summed E-state index contributed by atoms with van der Waals surface area (Å²) in [5.41, 5.74) is 16.3. The Morgan fingerprint density at radius 1 is 0.660 bits per heavy atom. The van der Waals surface area contributed by atoms with Crippen molar-refractivity contribution in [2.24, 2.45) is 63.0 Å². The summed E-state index contributed by atoms with van der Waals surface area (Å²) in [5.74, 6) is -0.277. The second kappa shape index (κ2) is 19.6. The Kier molecular flexibility index (Phi) is 16.1. The molecule has 53 heavy (non-hydrogen) atoms. The van der Waals surface area contributed by atoms with Crippen LogP contribution in [0.2, 0.25) is 0 Å². The summed E-state index contributed by atoms with van der Waals surface area (Å²) in [6.07, 6.45) is 13.0. The number of unbranched alkanes of at least 4 members (excludes halogenated alkanes) is 5. The minimum absolute atomic E-state index is 0.0878. The number of esters is 4. The highest BCUT2D eigenvalue weighted by molar-refractivity contribution is 5.71. The van der Waals surface area contributed by atoms with E-state index in [1.807, 2.05) is 0 Å².